The minimum Gasteiger partial charge on any atom is -0.508 e. The summed E-state index contributed by atoms with van der Waals surface area (Å²) in [6.07, 6.45) is 2.00. The summed E-state index contributed by atoms with van der Waals surface area (Å²) >= 11 is 6.44. The molecule has 1 aliphatic heterocycles. The Morgan fingerprint density at radius 2 is 1.85 bits per heavy atom. The Bertz CT molecular complexity index is 1540. The van der Waals surface area contributed by atoms with Gasteiger partial charge in [0.1, 0.15) is 5.75 Å². The first-order chi connectivity index (χ1) is 19.8. The number of hydrogen-bond donors (Lipinski definition) is 2. The number of anilines is 3. The number of aromatic hydroxyl groups is 1. The van der Waals surface area contributed by atoms with Crippen LogP contribution in [0.15, 0.2) is 77.1 Å². The number of aromatic nitrogens is 2. The Balaban J connectivity index is 1.33. The molecule has 0 atom stereocenters. The number of nitrogens with zero attached hydrogens (tertiary/aromatic N) is 5. The quantitative estimate of drug-likeness (QED) is 0.199. The second-order valence-electron chi connectivity index (χ2n) is 10.3. The molecule has 2 N–H and O–H groups in total. The smallest absolute Gasteiger partial charge is 0.270 e. The Hall–Kier alpha value is -4.08. The molecule has 3 aromatic carbocycles. The molecule has 8 nitrogen and oxygen atoms in total. The molecule has 0 amide bonds. The van der Waals surface area contributed by atoms with E-state index in [4.69, 9.17) is 16.3 Å². The maximum atomic E-state index is 14.4. The Morgan fingerprint density at radius 1 is 1.02 bits per heavy atom. The van der Waals surface area contributed by atoms with Crippen molar-refractivity contribution in [2.24, 2.45) is 16.1 Å². The van der Waals surface area contributed by atoms with Crippen molar-refractivity contribution in [1.29, 1.82) is 0 Å². The van der Waals surface area contributed by atoms with E-state index in [0.717, 1.165) is 46.2 Å². The number of morpholine rings is 1. The van der Waals surface area contributed by atoms with Crippen LogP contribution < -0.4 is 10.2 Å². The van der Waals surface area contributed by atoms with Gasteiger partial charge in [-0.15, -0.1) is 5.11 Å². The lowest BCUT2D eigenvalue weighted by Gasteiger charge is -2.27. The van der Waals surface area contributed by atoms with Gasteiger partial charge in [-0.3, -0.25) is 0 Å². The molecule has 0 saturated carbocycles. The number of ether oxygens (including phenoxy) is 1. The van der Waals surface area contributed by atoms with Crippen LogP contribution in [0.1, 0.15) is 25.0 Å². The first-order valence-electron chi connectivity index (χ1n) is 13.6. The molecule has 212 valence electrons. The van der Waals surface area contributed by atoms with E-state index in [9.17, 15) is 9.50 Å². The van der Waals surface area contributed by atoms with Gasteiger partial charge in [0.15, 0.2) is 11.6 Å². The number of hydrogen-bond acceptors (Lipinski definition) is 8. The third-order valence-electron chi connectivity index (χ3n) is 6.63. The van der Waals surface area contributed by atoms with Crippen molar-refractivity contribution >= 4 is 34.7 Å². The van der Waals surface area contributed by atoms with Gasteiger partial charge in [-0.2, -0.15) is 10.1 Å². The number of phenolic OH excluding ortho intramolecular Hbond substituents is 1. The summed E-state index contributed by atoms with van der Waals surface area (Å²) in [5.41, 5.74) is 5.71. The minimum atomic E-state index is -0.484. The van der Waals surface area contributed by atoms with Crippen LogP contribution in [0.25, 0.3) is 11.1 Å². The molecule has 0 unspecified atom stereocenters. The monoisotopic (exact) mass is 574 g/mol. The van der Waals surface area contributed by atoms with Crippen LogP contribution in [0.2, 0.25) is 5.02 Å². The average molecular weight is 575 g/mol. The van der Waals surface area contributed by atoms with Gasteiger partial charge in [0.2, 0.25) is 0 Å². The second-order valence-corrected chi connectivity index (χ2v) is 10.8. The molecule has 5 rings (SSSR count). The van der Waals surface area contributed by atoms with E-state index >= 15 is 0 Å². The second kappa shape index (κ2) is 13.1. The summed E-state index contributed by atoms with van der Waals surface area (Å²) in [5.74, 6) is 0.496. The summed E-state index contributed by atoms with van der Waals surface area (Å²) in [5, 5.41) is 22.5. The van der Waals surface area contributed by atoms with Crippen LogP contribution >= 0.6 is 11.6 Å². The van der Waals surface area contributed by atoms with Crippen molar-refractivity contribution in [2.75, 3.05) is 36.5 Å². The zero-order valence-electron chi connectivity index (χ0n) is 23.0. The first kappa shape index (κ1) is 28.4. The van der Waals surface area contributed by atoms with Crippen molar-refractivity contribution < 1.29 is 14.2 Å². The Kier molecular flexibility index (Phi) is 9.06. The van der Waals surface area contributed by atoms with E-state index in [2.05, 4.69) is 45.4 Å². The summed E-state index contributed by atoms with van der Waals surface area (Å²) < 4.78 is 19.7. The van der Waals surface area contributed by atoms with E-state index in [1.807, 2.05) is 41.3 Å². The predicted molar refractivity (Wildman–Crippen MR) is 160 cm³/mol. The molecule has 0 radical (unpaired) electrons. The number of rotatable bonds is 9. The van der Waals surface area contributed by atoms with Crippen molar-refractivity contribution in [1.82, 2.24) is 9.97 Å². The number of phenols is 1. The van der Waals surface area contributed by atoms with Crippen molar-refractivity contribution in [3.8, 4) is 16.9 Å². The lowest BCUT2D eigenvalue weighted by atomic mass is 9.97. The molecule has 1 aromatic heterocycles. The van der Waals surface area contributed by atoms with Crippen molar-refractivity contribution in [3.63, 3.8) is 0 Å². The summed E-state index contributed by atoms with van der Waals surface area (Å²) in [7, 11) is 0. The maximum absolute atomic E-state index is 14.4. The highest BCUT2D eigenvalue weighted by atomic mass is 35.5. The highest BCUT2D eigenvalue weighted by Gasteiger charge is 2.18. The molecular weight excluding hydrogens is 543 g/mol. The number of azo groups is 1. The van der Waals surface area contributed by atoms with Crippen LogP contribution in [-0.2, 0) is 17.7 Å². The molecule has 4 aromatic rings. The normalized spacial score (nSPS) is 13.7. The van der Waals surface area contributed by atoms with Gasteiger partial charge in [-0.25, -0.2) is 9.37 Å². The fraction of sp³-hybridized carbons (Fsp3) is 0.290. The Morgan fingerprint density at radius 3 is 2.63 bits per heavy atom. The highest BCUT2D eigenvalue weighted by molar-refractivity contribution is 6.31. The van der Waals surface area contributed by atoms with Gasteiger partial charge in [-0.05, 0) is 77.1 Å². The van der Waals surface area contributed by atoms with Gasteiger partial charge in [0, 0.05) is 29.5 Å². The molecule has 1 saturated heterocycles. The molecule has 1 fully saturated rings. The van der Waals surface area contributed by atoms with Crippen LogP contribution in [0.5, 0.6) is 5.75 Å². The largest absolute Gasteiger partial charge is 0.508 e. The first-order valence-corrected chi connectivity index (χ1v) is 13.9. The molecular formula is C31H32ClFN6O2. The Labute approximate surface area is 243 Å². The summed E-state index contributed by atoms with van der Waals surface area (Å²) in [4.78, 5) is 10.1. The molecule has 0 bridgehead atoms. The van der Waals surface area contributed by atoms with Crippen LogP contribution in [0.3, 0.4) is 0 Å². The molecule has 10 heteroatoms. The minimum absolute atomic E-state index is 0.125. The maximum Gasteiger partial charge on any atom is 0.270 e. The third-order valence-corrected chi connectivity index (χ3v) is 6.84. The van der Waals surface area contributed by atoms with Crippen LogP contribution in [0, 0.1) is 11.7 Å². The van der Waals surface area contributed by atoms with Gasteiger partial charge < -0.3 is 20.1 Å². The highest BCUT2D eigenvalue weighted by Crippen LogP contribution is 2.31. The number of benzene rings is 3. The van der Waals surface area contributed by atoms with Crippen molar-refractivity contribution in [2.45, 2.75) is 26.8 Å². The SMILES string of the molecule is CC(C)Cc1cc(Nc2cc(Cl)cc(-c3cccc(O)c3)c2)ccc1CN=Nc1ncc(F)c(N2CCOCC2)n1. The van der Waals surface area contributed by atoms with Crippen LogP contribution in [0.4, 0.5) is 27.5 Å². The van der Waals surface area contributed by atoms with Crippen LogP contribution in [-0.4, -0.2) is 41.4 Å². The standard InChI is InChI=1S/C31H32ClFN6O2/c1-20(2)12-23-14-26(36-27-15-24(13-25(32)17-27)21-4-3-5-28(40)16-21)7-6-22(23)18-35-38-31-34-19-29(33)30(37-31)39-8-10-41-11-9-39/h3-7,13-17,19-20,36,40H,8-12,18H2,1-2H3. The zero-order chi connectivity index (χ0) is 28.8. The molecule has 0 spiro atoms. The van der Waals surface area contributed by atoms with Gasteiger partial charge >= 0.3 is 0 Å². The fourth-order valence-electron chi connectivity index (χ4n) is 4.74. The van der Waals surface area contributed by atoms with E-state index in [1.165, 1.54) is 0 Å². The summed E-state index contributed by atoms with van der Waals surface area (Å²) in [6.45, 7) is 6.87. The number of halogens is 2. The molecule has 41 heavy (non-hydrogen) atoms. The average Bonchev–Trinajstić information content (AvgIpc) is 2.95. The summed E-state index contributed by atoms with van der Waals surface area (Å²) in [6, 6.07) is 19.0. The molecule has 0 aliphatic carbocycles. The van der Waals surface area contributed by atoms with Crippen molar-refractivity contribution in [3.05, 3.63) is 88.8 Å². The molecule has 2 heterocycles. The van der Waals surface area contributed by atoms with E-state index in [1.54, 1.807) is 18.2 Å². The fourth-order valence-corrected chi connectivity index (χ4v) is 4.97. The van der Waals surface area contributed by atoms with E-state index < -0.39 is 5.82 Å². The lowest BCUT2D eigenvalue weighted by molar-refractivity contribution is 0.122. The van der Waals surface area contributed by atoms with E-state index in [-0.39, 0.29) is 17.5 Å². The zero-order valence-corrected chi connectivity index (χ0v) is 23.8. The van der Waals surface area contributed by atoms with Gasteiger partial charge in [0.25, 0.3) is 5.95 Å². The lowest BCUT2D eigenvalue weighted by Crippen LogP contribution is -2.37. The molecule has 1 aliphatic rings. The third kappa shape index (κ3) is 7.56. The predicted octanol–water partition coefficient (Wildman–Crippen LogP) is 7.70. The van der Waals surface area contributed by atoms with Gasteiger partial charge in [0.05, 0.1) is 26.0 Å². The topological polar surface area (TPSA) is 95.2 Å². The van der Waals surface area contributed by atoms with E-state index in [0.29, 0.717) is 43.8 Å². The van der Waals surface area contributed by atoms with Gasteiger partial charge in [-0.1, -0.05) is 43.6 Å². The number of nitrogens with one attached hydrogen (secondary N) is 1.